The monoisotopic (exact) mass is 377 g/mol. The van der Waals surface area contributed by atoms with Gasteiger partial charge in [-0.05, 0) is 24.8 Å². The Balaban J connectivity index is 1.93. The second kappa shape index (κ2) is 6.07. The number of amides is 1. The van der Waals surface area contributed by atoms with E-state index in [0.717, 1.165) is 29.7 Å². The Morgan fingerprint density at radius 1 is 1.43 bits per heavy atom. The molecule has 1 fully saturated rings. The van der Waals surface area contributed by atoms with Gasteiger partial charge < -0.3 is 9.64 Å². The smallest absolute Gasteiger partial charge is 0.341 e. The third-order valence-corrected chi connectivity index (χ3v) is 6.74. The van der Waals surface area contributed by atoms with Crippen LogP contribution < -0.4 is 4.90 Å². The van der Waals surface area contributed by atoms with E-state index in [-0.39, 0.29) is 30.5 Å². The van der Waals surface area contributed by atoms with E-state index < -0.39 is 15.0 Å². The van der Waals surface area contributed by atoms with Gasteiger partial charge in [-0.25, -0.2) is 13.2 Å². The van der Waals surface area contributed by atoms with Crippen LogP contribution in [0.2, 0.25) is 0 Å². The van der Waals surface area contributed by atoms with Crippen molar-refractivity contribution in [3.63, 3.8) is 0 Å². The zero-order valence-corrected chi connectivity index (χ0v) is 14.9. The van der Waals surface area contributed by atoms with Crippen molar-refractivity contribution < 1.29 is 22.7 Å². The fourth-order valence-electron chi connectivity index (χ4n) is 3.26. The Morgan fingerprint density at radius 2 is 2.17 bits per heavy atom. The number of ether oxygens (including phenoxy) is 1. The highest BCUT2D eigenvalue weighted by atomic mass is 35.7. The van der Waals surface area contributed by atoms with Crippen molar-refractivity contribution in [1.29, 1.82) is 0 Å². The van der Waals surface area contributed by atoms with Crippen molar-refractivity contribution in [2.75, 3.05) is 24.3 Å². The van der Waals surface area contributed by atoms with Gasteiger partial charge in [-0.15, -0.1) is 11.3 Å². The van der Waals surface area contributed by atoms with E-state index in [9.17, 15) is 18.0 Å². The topological polar surface area (TPSA) is 80.8 Å². The molecule has 0 N–H and O–H groups in total. The van der Waals surface area contributed by atoms with E-state index in [1.807, 2.05) is 0 Å². The summed E-state index contributed by atoms with van der Waals surface area (Å²) in [6.07, 6.45) is 2.81. The molecule has 23 heavy (non-hydrogen) atoms. The van der Waals surface area contributed by atoms with Crippen LogP contribution in [0.25, 0.3) is 0 Å². The third kappa shape index (κ3) is 3.25. The molecular weight excluding hydrogens is 362 g/mol. The van der Waals surface area contributed by atoms with Gasteiger partial charge in [0.15, 0.2) is 0 Å². The molecule has 1 aromatic heterocycles. The molecular formula is C14H16ClNO5S2. The maximum atomic E-state index is 12.3. The summed E-state index contributed by atoms with van der Waals surface area (Å²) in [5.41, 5.74) is 1.44. The summed E-state index contributed by atoms with van der Waals surface area (Å²) >= 11 is 1.44. The first kappa shape index (κ1) is 16.7. The molecule has 3 rings (SSSR count). The Kier molecular flexibility index (Phi) is 4.41. The Morgan fingerprint density at radius 3 is 2.83 bits per heavy atom. The van der Waals surface area contributed by atoms with Gasteiger partial charge in [-0.1, -0.05) is 0 Å². The molecule has 126 valence electrons. The number of halogens is 1. The Bertz CT molecular complexity index is 770. The summed E-state index contributed by atoms with van der Waals surface area (Å²) in [6.45, 7) is 0.258. The van der Waals surface area contributed by atoms with Crippen molar-refractivity contribution in [3.8, 4) is 0 Å². The number of hydrogen-bond acceptors (Lipinski definition) is 6. The molecule has 1 saturated heterocycles. The van der Waals surface area contributed by atoms with Crippen molar-refractivity contribution >= 4 is 47.9 Å². The lowest BCUT2D eigenvalue weighted by Crippen LogP contribution is -2.26. The lowest BCUT2D eigenvalue weighted by atomic mass is 10.1. The van der Waals surface area contributed by atoms with Crippen LogP contribution in [0.4, 0.5) is 5.00 Å². The minimum atomic E-state index is -3.66. The number of fused-ring (bicyclic) bond motifs is 1. The summed E-state index contributed by atoms with van der Waals surface area (Å²) in [6, 6.07) is 0. The van der Waals surface area contributed by atoms with Gasteiger partial charge in [-0.3, -0.25) is 4.79 Å². The average molecular weight is 378 g/mol. The number of aryl methyl sites for hydroxylation is 1. The molecule has 2 aliphatic rings. The first-order valence-electron chi connectivity index (χ1n) is 7.25. The predicted octanol–water partition coefficient (Wildman–Crippen LogP) is 1.94. The minimum absolute atomic E-state index is 0.120. The number of rotatable bonds is 4. The molecule has 0 aromatic carbocycles. The fourth-order valence-corrected chi connectivity index (χ4v) is 5.99. The number of methoxy groups -OCH3 is 1. The van der Waals surface area contributed by atoms with E-state index in [1.165, 1.54) is 23.3 Å². The molecule has 1 amide bonds. The van der Waals surface area contributed by atoms with Crippen LogP contribution in [0.15, 0.2) is 0 Å². The highest BCUT2D eigenvalue weighted by molar-refractivity contribution is 8.13. The summed E-state index contributed by atoms with van der Waals surface area (Å²) in [4.78, 5) is 27.1. The summed E-state index contributed by atoms with van der Waals surface area (Å²) in [7, 11) is 2.95. The molecule has 1 aliphatic carbocycles. The molecule has 1 unspecified atom stereocenters. The molecule has 0 radical (unpaired) electrons. The van der Waals surface area contributed by atoms with E-state index in [1.54, 1.807) is 0 Å². The molecule has 6 nitrogen and oxygen atoms in total. The van der Waals surface area contributed by atoms with Gasteiger partial charge in [0.2, 0.25) is 15.0 Å². The van der Waals surface area contributed by atoms with Crippen molar-refractivity contribution in [3.05, 3.63) is 16.0 Å². The van der Waals surface area contributed by atoms with E-state index >= 15 is 0 Å². The molecule has 0 saturated carbocycles. The van der Waals surface area contributed by atoms with Gasteiger partial charge >= 0.3 is 5.97 Å². The molecule has 0 spiro atoms. The normalized spacial score (nSPS) is 20.9. The highest BCUT2D eigenvalue weighted by Gasteiger charge is 2.38. The SMILES string of the molecule is COC(=O)c1c(N2CC(CS(=O)(=O)Cl)CC2=O)sc2c1CCC2. The van der Waals surface area contributed by atoms with Gasteiger partial charge in [0.05, 0.1) is 18.4 Å². The molecule has 1 atom stereocenters. The van der Waals surface area contributed by atoms with E-state index in [0.29, 0.717) is 10.6 Å². The Hall–Kier alpha value is -1.12. The lowest BCUT2D eigenvalue weighted by molar-refractivity contribution is -0.117. The molecule has 1 aliphatic heterocycles. The fraction of sp³-hybridized carbons (Fsp3) is 0.571. The maximum Gasteiger partial charge on any atom is 0.341 e. The third-order valence-electron chi connectivity index (χ3n) is 4.18. The quantitative estimate of drug-likeness (QED) is 0.591. The zero-order chi connectivity index (χ0) is 16.8. The standard InChI is InChI=1S/C14H16ClNO5S2/c1-21-14(18)12-9-3-2-4-10(9)22-13(12)16-6-8(5-11(16)17)7-23(15,19)20/h8H,2-7H2,1H3. The number of anilines is 1. The summed E-state index contributed by atoms with van der Waals surface area (Å²) < 4.78 is 27.3. The largest absolute Gasteiger partial charge is 0.465 e. The first-order valence-corrected chi connectivity index (χ1v) is 10.5. The van der Waals surface area contributed by atoms with Crippen LogP contribution in [0.5, 0.6) is 0 Å². The van der Waals surface area contributed by atoms with Gasteiger partial charge in [0.25, 0.3) is 0 Å². The van der Waals surface area contributed by atoms with Crippen LogP contribution in [0.1, 0.15) is 33.6 Å². The second-order valence-electron chi connectivity index (χ2n) is 5.81. The van der Waals surface area contributed by atoms with Gasteiger partial charge in [-0.2, -0.15) is 0 Å². The van der Waals surface area contributed by atoms with Crippen LogP contribution >= 0.6 is 22.0 Å². The molecule has 0 bridgehead atoms. The molecule has 1 aromatic rings. The first-order chi connectivity index (χ1) is 10.8. The van der Waals surface area contributed by atoms with Crippen LogP contribution in [0.3, 0.4) is 0 Å². The summed E-state index contributed by atoms with van der Waals surface area (Å²) in [5.74, 6) is -1.22. The number of esters is 1. The van der Waals surface area contributed by atoms with Crippen molar-refractivity contribution in [2.45, 2.75) is 25.7 Å². The minimum Gasteiger partial charge on any atom is -0.465 e. The number of hydrogen-bond donors (Lipinski definition) is 0. The number of nitrogens with zero attached hydrogens (tertiary/aromatic N) is 1. The van der Waals surface area contributed by atoms with Gasteiger partial charge in [0.1, 0.15) is 5.00 Å². The number of carbonyl (C=O) groups is 2. The summed E-state index contributed by atoms with van der Waals surface area (Å²) in [5, 5.41) is 0.584. The van der Waals surface area contributed by atoms with Crippen molar-refractivity contribution in [1.82, 2.24) is 0 Å². The number of thiophene rings is 1. The average Bonchev–Trinajstić information content (AvgIpc) is 3.09. The van der Waals surface area contributed by atoms with Crippen LogP contribution in [-0.4, -0.2) is 39.7 Å². The van der Waals surface area contributed by atoms with Crippen LogP contribution in [-0.2, 0) is 31.4 Å². The Labute approximate surface area is 142 Å². The van der Waals surface area contributed by atoms with Crippen LogP contribution in [0, 0.1) is 5.92 Å². The molecule has 9 heteroatoms. The van der Waals surface area contributed by atoms with Crippen molar-refractivity contribution in [2.24, 2.45) is 5.92 Å². The van der Waals surface area contributed by atoms with Gasteiger partial charge in [0, 0.05) is 34.4 Å². The maximum absolute atomic E-state index is 12.3. The number of carbonyl (C=O) groups excluding carboxylic acids is 2. The zero-order valence-electron chi connectivity index (χ0n) is 12.5. The molecule has 2 heterocycles. The predicted molar refractivity (Wildman–Crippen MR) is 87.8 cm³/mol. The second-order valence-corrected chi connectivity index (χ2v) is 9.71. The highest BCUT2D eigenvalue weighted by Crippen LogP contribution is 2.43. The lowest BCUT2D eigenvalue weighted by Gasteiger charge is -2.16. The van der Waals surface area contributed by atoms with E-state index in [2.05, 4.69) is 0 Å². The van der Waals surface area contributed by atoms with E-state index in [4.69, 9.17) is 15.4 Å².